The van der Waals surface area contributed by atoms with Crippen LogP contribution in [0.15, 0.2) is 0 Å². The third kappa shape index (κ3) is 5.32. The van der Waals surface area contributed by atoms with Crippen molar-refractivity contribution in [2.45, 2.75) is 99.0 Å². The summed E-state index contributed by atoms with van der Waals surface area (Å²) < 4.78 is 26.7. The summed E-state index contributed by atoms with van der Waals surface area (Å²) in [6.45, 7) is -0.115. The van der Waals surface area contributed by atoms with E-state index in [0.29, 0.717) is 0 Å². The van der Waals surface area contributed by atoms with Gasteiger partial charge in [0.15, 0.2) is 18.9 Å². The lowest BCUT2D eigenvalue weighted by Crippen LogP contribution is -2.66. The Labute approximate surface area is 187 Å². The lowest BCUT2D eigenvalue weighted by molar-refractivity contribution is -0.386. The standard InChI is InChI=1S/C18H32O15/c1-4-7(21)10(24)12(26)17(29-4)33-15-14(9(23)6(3-20)30-16(15)28)32-18-13(27)11(25)8(22)5(2-19)31-18/h4-28H,2-3H2,1H3/t4-,5+,6+,7-,8+,9+,10+,11-,12+,13+,14-,15+,16?,17-,18+/m0/s1. The Bertz CT molecular complexity index is 624. The van der Waals surface area contributed by atoms with Crippen molar-refractivity contribution in [3.05, 3.63) is 0 Å². The topological polar surface area (TPSA) is 248 Å². The van der Waals surface area contributed by atoms with Crippen molar-refractivity contribution >= 4 is 0 Å². The molecule has 0 aromatic heterocycles. The summed E-state index contributed by atoms with van der Waals surface area (Å²) in [5, 5.41) is 100.0. The van der Waals surface area contributed by atoms with Gasteiger partial charge in [-0.05, 0) is 6.92 Å². The number of hydrogen-bond acceptors (Lipinski definition) is 15. The lowest BCUT2D eigenvalue weighted by Gasteiger charge is -2.48. The molecule has 0 aromatic rings. The lowest BCUT2D eigenvalue weighted by atomic mass is 9.96. The van der Waals surface area contributed by atoms with Crippen LogP contribution in [0.4, 0.5) is 0 Å². The Morgan fingerprint density at radius 2 is 1.03 bits per heavy atom. The van der Waals surface area contributed by atoms with Crippen LogP contribution in [0.2, 0.25) is 0 Å². The van der Waals surface area contributed by atoms with Crippen LogP contribution in [0.5, 0.6) is 0 Å². The van der Waals surface area contributed by atoms with Gasteiger partial charge >= 0.3 is 0 Å². The monoisotopic (exact) mass is 488 g/mol. The van der Waals surface area contributed by atoms with Gasteiger partial charge in [0.1, 0.15) is 67.1 Å². The molecule has 0 radical (unpaired) electrons. The van der Waals surface area contributed by atoms with Crippen LogP contribution < -0.4 is 0 Å². The van der Waals surface area contributed by atoms with Crippen LogP contribution in [0.25, 0.3) is 0 Å². The average Bonchev–Trinajstić information content (AvgIpc) is 2.79. The summed E-state index contributed by atoms with van der Waals surface area (Å²) in [4.78, 5) is 0. The van der Waals surface area contributed by atoms with Crippen molar-refractivity contribution in [3.8, 4) is 0 Å². The van der Waals surface area contributed by atoms with E-state index in [-0.39, 0.29) is 0 Å². The fraction of sp³-hybridized carbons (Fsp3) is 1.00. The van der Waals surface area contributed by atoms with E-state index >= 15 is 0 Å². The van der Waals surface area contributed by atoms with Crippen LogP contribution in [-0.4, -0.2) is 156 Å². The molecule has 3 saturated heterocycles. The molecular formula is C18H32O15. The van der Waals surface area contributed by atoms with Gasteiger partial charge in [-0.15, -0.1) is 0 Å². The van der Waals surface area contributed by atoms with Crippen molar-refractivity contribution < 1.29 is 74.7 Å². The fourth-order valence-electron chi connectivity index (χ4n) is 3.97. The first kappa shape index (κ1) is 27.0. The molecule has 15 atom stereocenters. The van der Waals surface area contributed by atoms with Gasteiger partial charge in [-0.1, -0.05) is 0 Å². The summed E-state index contributed by atoms with van der Waals surface area (Å²) in [6.07, 6.45) is -24.1. The molecule has 33 heavy (non-hydrogen) atoms. The molecule has 1 unspecified atom stereocenters. The van der Waals surface area contributed by atoms with Gasteiger partial charge in [0.05, 0.1) is 19.3 Å². The van der Waals surface area contributed by atoms with E-state index in [9.17, 15) is 51.1 Å². The van der Waals surface area contributed by atoms with Crippen molar-refractivity contribution in [3.63, 3.8) is 0 Å². The second-order valence-corrected chi connectivity index (χ2v) is 8.32. The zero-order valence-electron chi connectivity index (χ0n) is 17.6. The van der Waals surface area contributed by atoms with E-state index < -0.39 is 105 Å². The SMILES string of the molecule is C[C@@H]1O[C@@H](O[C@H]2C(O)O[C@H](CO)[C@@H](O)[C@@H]2O[C@H]2O[C@H](CO)[C@@H](O)[C@H](O)[C@H]2O)[C@H](O)[C@H](O)[C@H]1O. The maximum atomic E-state index is 10.6. The Morgan fingerprint density at radius 3 is 1.61 bits per heavy atom. The van der Waals surface area contributed by atoms with Crippen molar-refractivity contribution in [2.75, 3.05) is 13.2 Å². The van der Waals surface area contributed by atoms with Gasteiger partial charge in [-0.3, -0.25) is 0 Å². The largest absolute Gasteiger partial charge is 0.394 e. The third-order valence-corrected chi connectivity index (χ3v) is 6.06. The van der Waals surface area contributed by atoms with Crippen LogP contribution in [0, 0.1) is 0 Å². The van der Waals surface area contributed by atoms with Gasteiger partial charge in [-0.2, -0.15) is 0 Å². The molecule has 0 saturated carbocycles. The van der Waals surface area contributed by atoms with Crippen molar-refractivity contribution in [2.24, 2.45) is 0 Å². The van der Waals surface area contributed by atoms with E-state index in [2.05, 4.69) is 0 Å². The van der Waals surface area contributed by atoms with Crippen LogP contribution in [-0.2, 0) is 23.7 Å². The highest BCUT2D eigenvalue weighted by Crippen LogP contribution is 2.32. The normalized spacial score (nSPS) is 53.7. The van der Waals surface area contributed by atoms with E-state index in [1.807, 2.05) is 0 Å². The molecule has 0 bridgehead atoms. The summed E-state index contributed by atoms with van der Waals surface area (Å²) in [7, 11) is 0. The zero-order valence-corrected chi connectivity index (χ0v) is 17.6. The molecule has 3 heterocycles. The van der Waals surface area contributed by atoms with Crippen LogP contribution in [0.1, 0.15) is 6.92 Å². The predicted octanol–water partition coefficient (Wildman–Crippen LogP) is -6.55. The number of aliphatic hydroxyl groups excluding tert-OH is 10. The number of aliphatic hydroxyl groups is 10. The molecule has 0 spiro atoms. The van der Waals surface area contributed by atoms with E-state index in [1.54, 1.807) is 0 Å². The summed E-state index contributed by atoms with van der Waals surface area (Å²) in [5.74, 6) is 0. The predicted molar refractivity (Wildman–Crippen MR) is 99.8 cm³/mol. The van der Waals surface area contributed by atoms with Gasteiger partial charge in [-0.25, -0.2) is 0 Å². The minimum absolute atomic E-state index is 0.747. The first-order valence-corrected chi connectivity index (χ1v) is 10.4. The molecule has 3 rings (SSSR count). The van der Waals surface area contributed by atoms with Gasteiger partial charge < -0.3 is 74.7 Å². The minimum Gasteiger partial charge on any atom is -0.394 e. The molecule has 0 aliphatic carbocycles. The quantitative estimate of drug-likeness (QED) is 0.167. The van der Waals surface area contributed by atoms with E-state index in [0.717, 1.165) is 0 Å². The molecule has 0 amide bonds. The van der Waals surface area contributed by atoms with E-state index in [4.69, 9.17) is 23.7 Å². The molecule has 15 heteroatoms. The second kappa shape index (κ2) is 11.0. The van der Waals surface area contributed by atoms with Crippen LogP contribution in [0.3, 0.4) is 0 Å². The first-order chi connectivity index (χ1) is 15.5. The number of ether oxygens (including phenoxy) is 5. The molecule has 10 N–H and O–H groups in total. The molecule has 194 valence electrons. The zero-order chi connectivity index (χ0) is 24.6. The minimum atomic E-state index is -1.88. The number of hydrogen-bond donors (Lipinski definition) is 10. The molecule has 15 nitrogen and oxygen atoms in total. The van der Waals surface area contributed by atoms with Crippen molar-refractivity contribution in [1.82, 2.24) is 0 Å². The highest BCUT2D eigenvalue weighted by atomic mass is 16.8. The third-order valence-electron chi connectivity index (χ3n) is 6.06. The first-order valence-electron chi connectivity index (χ1n) is 10.4. The maximum absolute atomic E-state index is 10.6. The van der Waals surface area contributed by atoms with Gasteiger partial charge in [0.2, 0.25) is 0 Å². The summed E-state index contributed by atoms with van der Waals surface area (Å²) in [5.41, 5.74) is 0. The summed E-state index contributed by atoms with van der Waals surface area (Å²) >= 11 is 0. The smallest absolute Gasteiger partial charge is 0.187 e. The second-order valence-electron chi connectivity index (χ2n) is 8.32. The van der Waals surface area contributed by atoms with Crippen LogP contribution >= 0.6 is 0 Å². The van der Waals surface area contributed by atoms with Gasteiger partial charge in [0, 0.05) is 0 Å². The van der Waals surface area contributed by atoms with E-state index in [1.165, 1.54) is 6.92 Å². The van der Waals surface area contributed by atoms with Gasteiger partial charge in [0.25, 0.3) is 0 Å². The Balaban J connectivity index is 1.82. The average molecular weight is 488 g/mol. The Morgan fingerprint density at radius 1 is 0.545 bits per heavy atom. The molecule has 3 aliphatic rings. The Hall–Kier alpha value is -0.600. The highest BCUT2D eigenvalue weighted by molar-refractivity contribution is 4.96. The molecule has 0 aromatic carbocycles. The fourth-order valence-corrected chi connectivity index (χ4v) is 3.97. The molecule has 3 aliphatic heterocycles. The highest BCUT2D eigenvalue weighted by Gasteiger charge is 2.53. The Kier molecular flexibility index (Phi) is 8.99. The number of rotatable bonds is 6. The maximum Gasteiger partial charge on any atom is 0.187 e. The summed E-state index contributed by atoms with van der Waals surface area (Å²) in [6, 6.07) is 0. The molecule has 3 fully saturated rings. The van der Waals surface area contributed by atoms with Crippen molar-refractivity contribution in [1.29, 1.82) is 0 Å². The molecular weight excluding hydrogens is 456 g/mol.